The molecule has 150 valence electrons. The Morgan fingerprint density at radius 1 is 1.14 bits per heavy atom. The van der Waals surface area contributed by atoms with Crippen LogP contribution in [0, 0.1) is 13.8 Å². The minimum atomic E-state index is 0.0786. The lowest BCUT2D eigenvalue weighted by Gasteiger charge is -2.28. The van der Waals surface area contributed by atoms with Crippen LogP contribution in [0.2, 0.25) is 0 Å². The second kappa shape index (κ2) is 9.83. The van der Waals surface area contributed by atoms with Gasteiger partial charge < -0.3 is 10.2 Å². The Kier molecular flexibility index (Phi) is 7.21. The SMILES string of the molecule is Cc1ccc(C(CCN2CCC(=O)CC2)CC(=O)NC2=CCCC=C2)cc1C. The number of Topliss-reactive ketones (excluding diaryl/α,β-unsaturated/α-hetero) is 1. The highest BCUT2D eigenvalue weighted by molar-refractivity contribution is 5.79. The highest BCUT2D eigenvalue weighted by Crippen LogP contribution is 2.27. The fourth-order valence-electron chi connectivity index (χ4n) is 3.91. The number of piperidine rings is 1. The first kappa shape index (κ1) is 20.5. The summed E-state index contributed by atoms with van der Waals surface area (Å²) in [5, 5.41) is 3.07. The molecule has 1 fully saturated rings. The fraction of sp³-hybridized carbons (Fsp3) is 0.500. The van der Waals surface area contributed by atoms with E-state index in [0.717, 1.165) is 44.6 Å². The minimum absolute atomic E-state index is 0.0786. The van der Waals surface area contributed by atoms with Gasteiger partial charge in [-0.2, -0.15) is 0 Å². The first-order valence-electron chi connectivity index (χ1n) is 10.5. The maximum Gasteiger partial charge on any atom is 0.224 e. The smallest absolute Gasteiger partial charge is 0.224 e. The number of likely N-dealkylation sites (tertiary alicyclic amines) is 1. The molecule has 4 heteroatoms. The first-order valence-corrected chi connectivity index (χ1v) is 10.5. The Balaban J connectivity index is 1.65. The molecule has 2 aliphatic rings. The van der Waals surface area contributed by atoms with Crippen molar-refractivity contribution in [2.45, 2.75) is 58.3 Å². The lowest BCUT2D eigenvalue weighted by molar-refractivity contribution is -0.121. The molecule has 1 unspecified atom stereocenters. The average Bonchev–Trinajstić information content (AvgIpc) is 2.69. The van der Waals surface area contributed by atoms with Gasteiger partial charge in [0.1, 0.15) is 5.78 Å². The Labute approximate surface area is 168 Å². The number of carbonyl (C=O) groups excluding carboxylic acids is 2. The van der Waals surface area contributed by atoms with Gasteiger partial charge in [0, 0.05) is 38.0 Å². The van der Waals surface area contributed by atoms with Crippen molar-refractivity contribution in [3.05, 3.63) is 58.8 Å². The van der Waals surface area contributed by atoms with Gasteiger partial charge in [0.2, 0.25) is 5.91 Å². The summed E-state index contributed by atoms with van der Waals surface area (Å²) in [5.74, 6) is 0.634. The highest BCUT2D eigenvalue weighted by atomic mass is 16.1. The number of nitrogens with zero attached hydrogens (tertiary/aromatic N) is 1. The molecule has 0 bridgehead atoms. The summed E-state index contributed by atoms with van der Waals surface area (Å²) in [5.41, 5.74) is 4.70. The molecule has 0 saturated carbocycles. The van der Waals surface area contributed by atoms with Gasteiger partial charge in [-0.1, -0.05) is 30.4 Å². The summed E-state index contributed by atoms with van der Waals surface area (Å²) in [6, 6.07) is 6.55. The van der Waals surface area contributed by atoms with Crippen molar-refractivity contribution in [2.24, 2.45) is 0 Å². The topological polar surface area (TPSA) is 49.4 Å². The maximum absolute atomic E-state index is 12.7. The maximum atomic E-state index is 12.7. The monoisotopic (exact) mass is 380 g/mol. The van der Waals surface area contributed by atoms with Gasteiger partial charge >= 0.3 is 0 Å². The van der Waals surface area contributed by atoms with E-state index in [9.17, 15) is 9.59 Å². The first-order chi connectivity index (χ1) is 13.5. The molecule has 0 radical (unpaired) electrons. The van der Waals surface area contributed by atoms with Crippen molar-refractivity contribution in [3.63, 3.8) is 0 Å². The molecule has 3 rings (SSSR count). The van der Waals surface area contributed by atoms with Crippen LogP contribution in [-0.2, 0) is 9.59 Å². The number of rotatable bonds is 7. The number of carbonyl (C=O) groups is 2. The van der Waals surface area contributed by atoms with Gasteiger partial charge in [-0.05, 0) is 68.3 Å². The third kappa shape index (κ3) is 5.90. The third-order valence-corrected chi connectivity index (χ3v) is 5.92. The average molecular weight is 381 g/mol. The normalized spacial score (nSPS) is 18.6. The third-order valence-electron chi connectivity index (χ3n) is 5.92. The van der Waals surface area contributed by atoms with E-state index in [1.807, 2.05) is 6.08 Å². The van der Waals surface area contributed by atoms with Crippen LogP contribution in [0.25, 0.3) is 0 Å². The molecule has 1 saturated heterocycles. The van der Waals surface area contributed by atoms with Crippen molar-refractivity contribution in [2.75, 3.05) is 19.6 Å². The zero-order chi connectivity index (χ0) is 19.9. The molecule has 1 N–H and O–H groups in total. The van der Waals surface area contributed by atoms with Crippen LogP contribution in [-0.4, -0.2) is 36.2 Å². The second-order valence-electron chi connectivity index (χ2n) is 8.10. The van der Waals surface area contributed by atoms with E-state index >= 15 is 0 Å². The van der Waals surface area contributed by atoms with Crippen LogP contribution in [0.15, 0.2) is 42.1 Å². The number of hydrogen-bond donors (Lipinski definition) is 1. The van der Waals surface area contributed by atoms with Crippen molar-refractivity contribution < 1.29 is 9.59 Å². The Morgan fingerprint density at radius 2 is 1.93 bits per heavy atom. The molecule has 0 spiro atoms. The van der Waals surface area contributed by atoms with Crippen LogP contribution in [0.4, 0.5) is 0 Å². The number of allylic oxidation sites excluding steroid dienone is 3. The summed E-state index contributed by atoms with van der Waals surface area (Å²) < 4.78 is 0. The number of amides is 1. The molecule has 4 nitrogen and oxygen atoms in total. The van der Waals surface area contributed by atoms with Gasteiger partial charge in [0.15, 0.2) is 0 Å². The van der Waals surface area contributed by atoms with Crippen LogP contribution >= 0.6 is 0 Å². The number of nitrogens with one attached hydrogen (secondary N) is 1. The molecule has 1 heterocycles. The second-order valence-corrected chi connectivity index (χ2v) is 8.10. The molecule has 1 aliphatic carbocycles. The lowest BCUT2D eigenvalue weighted by Crippen LogP contribution is -2.35. The predicted octanol–water partition coefficient (Wildman–Crippen LogP) is 4.18. The van der Waals surface area contributed by atoms with E-state index in [-0.39, 0.29) is 11.8 Å². The zero-order valence-corrected chi connectivity index (χ0v) is 17.2. The molecule has 1 amide bonds. The van der Waals surface area contributed by atoms with E-state index in [2.05, 4.69) is 54.4 Å². The highest BCUT2D eigenvalue weighted by Gasteiger charge is 2.21. The zero-order valence-electron chi connectivity index (χ0n) is 17.2. The summed E-state index contributed by atoms with van der Waals surface area (Å²) >= 11 is 0. The molecule has 1 aromatic carbocycles. The van der Waals surface area contributed by atoms with E-state index < -0.39 is 0 Å². The number of hydrogen-bond acceptors (Lipinski definition) is 3. The largest absolute Gasteiger partial charge is 0.326 e. The van der Waals surface area contributed by atoms with Crippen molar-refractivity contribution in [3.8, 4) is 0 Å². The van der Waals surface area contributed by atoms with Crippen molar-refractivity contribution >= 4 is 11.7 Å². The van der Waals surface area contributed by atoms with Crippen molar-refractivity contribution in [1.82, 2.24) is 10.2 Å². The van der Waals surface area contributed by atoms with Gasteiger partial charge in [-0.25, -0.2) is 0 Å². The quantitative estimate of drug-likeness (QED) is 0.772. The van der Waals surface area contributed by atoms with Gasteiger partial charge in [-0.3, -0.25) is 9.59 Å². The predicted molar refractivity (Wildman–Crippen MR) is 113 cm³/mol. The van der Waals surface area contributed by atoms with E-state index in [4.69, 9.17) is 0 Å². The molecular weight excluding hydrogens is 348 g/mol. The Morgan fingerprint density at radius 3 is 2.61 bits per heavy atom. The van der Waals surface area contributed by atoms with Gasteiger partial charge in [-0.15, -0.1) is 0 Å². The van der Waals surface area contributed by atoms with Crippen molar-refractivity contribution in [1.29, 1.82) is 0 Å². The minimum Gasteiger partial charge on any atom is -0.326 e. The summed E-state index contributed by atoms with van der Waals surface area (Å²) in [4.78, 5) is 26.5. The van der Waals surface area contributed by atoms with Gasteiger partial charge in [0.25, 0.3) is 0 Å². The molecule has 1 aliphatic heterocycles. The van der Waals surface area contributed by atoms with E-state index in [1.54, 1.807) is 0 Å². The van der Waals surface area contributed by atoms with Gasteiger partial charge in [0.05, 0.1) is 0 Å². The van der Waals surface area contributed by atoms with Crippen LogP contribution in [0.1, 0.15) is 61.1 Å². The van der Waals surface area contributed by atoms with Crippen LogP contribution in [0.3, 0.4) is 0 Å². The van der Waals surface area contributed by atoms with Crippen LogP contribution in [0.5, 0.6) is 0 Å². The molecule has 28 heavy (non-hydrogen) atoms. The number of aryl methyl sites for hydroxylation is 2. The lowest BCUT2D eigenvalue weighted by atomic mass is 9.89. The van der Waals surface area contributed by atoms with E-state index in [0.29, 0.717) is 25.0 Å². The Hall–Kier alpha value is -2.20. The summed E-state index contributed by atoms with van der Waals surface area (Å²) in [7, 11) is 0. The van der Waals surface area contributed by atoms with Crippen LogP contribution < -0.4 is 5.32 Å². The Bertz CT molecular complexity index is 769. The molecule has 0 aromatic heterocycles. The van der Waals surface area contributed by atoms with E-state index in [1.165, 1.54) is 16.7 Å². The molecule has 1 aromatic rings. The number of benzene rings is 1. The summed E-state index contributed by atoms with van der Waals surface area (Å²) in [6.45, 7) is 6.88. The molecular formula is C24H32N2O2. The number of ketones is 1. The summed E-state index contributed by atoms with van der Waals surface area (Å²) in [6.07, 6.45) is 11.0. The molecule has 1 atom stereocenters. The fourth-order valence-corrected chi connectivity index (χ4v) is 3.91. The standard InChI is InChI=1S/C24H32N2O2/c1-18-8-9-20(16-19(18)2)21(10-13-26-14-11-23(27)12-15-26)17-24(28)25-22-6-4-3-5-7-22/h4,6-9,16,21H,3,5,10-15,17H2,1-2H3,(H,25,28).